The van der Waals surface area contributed by atoms with Gasteiger partial charge in [-0.05, 0) is 40.2 Å². The number of nitrogens with one attached hydrogen (secondary N) is 2. The van der Waals surface area contributed by atoms with Gasteiger partial charge in [-0.3, -0.25) is 9.97 Å². The summed E-state index contributed by atoms with van der Waals surface area (Å²) in [6.07, 6.45) is 6.13. The van der Waals surface area contributed by atoms with Crippen LogP contribution in [0.5, 0.6) is 0 Å². The van der Waals surface area contributed by atoms with Crippen molar-refractivity contribution in [3.8, 4) is 0 Å². The van der Waals surface area contributed by atoms with Crippen LogP contribution in [-0.2, 0) is 6.42 Å². The number of rotatable bonds is 6. The molecule has 134 valence electrons. The lowest BCUT2D eigenvalue weighted by Gasteiger charge is -2.11. The van der Waals surface area contributed by atoms with Crippen molar-refractivity contribution < 1.29 is 0 Å². The van der Waals surface area contributed by atoms with Gasteiger partial charge in [-0.1, -0.05) is 24.3 Å². The predicted molar refractivity (Wildman–Crippen MR) is 111 cm³/mol. The molecule has 0 bridgehead atoms. The van der Waals surface area contributed by atoms with E-state index in [1.165, 1.54) is 0 Å². The summed E-state index contributed by atoms with van der Waals surface area (Å²) in [7, 11) is 0. The van der Waals surface area contributed by atoms with E-state index in [0.29, 0.717) is 5.95 Å². The highest BCUT2D eigenvalue weighted by atomic mass is 79.9. The minimum absolute atomic E-state index is 0.511. The third-order valence-electron chi connectivity index (χ3n) is 4.02. The largest absolute Gasteiger partial charge is 0.369 e. The third-order valence-corrected chi connectivity index (χ3v) is 4.60. The van der Waals surface area contributed by atoms with Gasteiger partial charge in [-0.2, -0.15) is 4.98 Å². The molecule has 3 heterocycles. The number of anilines is 3. The second kappa shape index (κ2) is 8.09. The average Bonchev–Trinajstić information content (AvgIpc) is 2.71. The Morgan fingerprint density at radius 3 is 2.67 bits per heavy atom. The molecule has 6 nitrogen and oxygen atoms in total. The number of fused-ring (bicyclic) bond motifs is 1. The molecule has 0 amide bonds. The molecular formula is C20H17BrN6. The second-order valence-electron chi connectivity index (χ2n) is 5.89. The van der Waals surface area contributed by atoms with Gasteiger partial charge in [0.25, 0.3) is 0 Å². The first-order chi connectivity index (χ1) is 13.3. The smallest absolute Gasteiger partial charge is 0.229 e. The van der Waals surface area contributed by atoms with Gasteiger partial charge in [0.2, 0.25) is 5.95 Å². The van der Waals surface area contributed by atoms with Crippen LogP contribution in [0.2, 0.25) is 0 Å². The molecule has 4 aromatic rings. The summed E-state index contributed by atoms with van der Waals surface area (Å²) in [6.45, 7) is 0.724. The number of hydrogen-bond donors (Lipinski definition) is 2. The number of benzene rings is 1. The zero-order valence-electron chi connectivity index (χ0n) is 14.4. The zero-order chi connectivity index (χ0) is 18.5. The molecule has 0 fully saturated rings. The Balaban J connectivity index is 1.50. The first kappa shape index (κ1) is 17.4. The number of aromatic nitrogens is 4. The molecule has 0 saturated carbocycles. The third kappa shape index (κ3) is 4.20. The maximum Gasteiger partial charge on any atom is 0.229 e. The van der Waals surface area contributed by atoms with Crippen molar-refractivity contribution in [3.63, 3.8) is 0 Å². The van der Waals surface area contributed by atoms with Crippen LogP contribution in [0.1, 0.15) is 5.69 Å². The maximum absolute atomic E-state index is 4.58. The van der Waals surface area contributed by atoms with Gasteiger partial charge in [0, 0.05) is 42.6 Å². The van der Waals surface area contributed by atoms with Crippen LogP contribution in [0.15, 0.2) is 71.6 Å². The van der Waals surface area contributed by atoms with Gasteiger partial charge < -0.3 is 10.6 Å². The minimum atomic E-state index is 0.511. The molecule has 3 aromatic heterocycles. The normalized spacial score (nSPS) is 10.7. The lowest BCUT2D eigenvalue weighted by Crippen LogP contribution is -2.09. The highest BCUT2D eigenvalue weighted by Gasteiger charge is 2.08. The van der Waals surface area contributed by atoms with Crippen LogP contribution in [0.25, 0.3) is 10.9 Å². The van der Waals surface area contributed by atoms with Crippen molar-refractivity contribution in [2.24, 2.45) is 0 Å². The van der Waals surface area contributed by atoms with Gasteiger partial charge in [0.15, 0.2) is 0 Å². The van der Waals surface area contributed by atoms with E-state index in [0.717, 1.165) is 45.5 Å². The Labute approximate surface area is 165 Å². The summed E-state index contributed by atoms with van der Waals surface area (Å²) in [4.78, 5) is 17.7. The van der Waals surface area contributed by atoms with E-state index in [4.69, 9.17) is 0 Å². The van der Waals surface area contributed by atoms with Crippen LogP contribution in [0.4, 0.5) is 17.5 Å². The highest BCUT2D eigenvalue weighted by molar-refractivity contribution is 9.10. The summed E-state index contributed by atoms with van der Waals surface area (Å²) in [5, 5.41) is 7.66. The van der Waals surface area contributed by atoms with E-state index >= 15 is 0 Å². The van der Waals surface area contributed by atoms with Crippen LogP contribution < -0.4 is 10.6 Å². The summed E-state index contributed by atoms with van der Waals surface area (Å²) < 4.78 is 0.810. The fourth-order valence-corrected chi connectivity index (χ4v) is 3.06. The lowest BCUT2D eigenvalue weighted by molar-refractivity contribution is 0.949. The van der Waals surface area contributed by atoms with Crippen molar-refractivity contribution >= 4 is 44.3 Å². The first-order valence-electron chi connectivity index (χ1n) is 8.57. The van der Waals surface area contributed by atoms with Crippen LogP contribution in [-0.4, -0.2) is 26.5 Å². The number of nitrogens with zero attached hydrogens (tertiary/aromatic N) is 4. The summed E-state index contributed by atoms with van der Waals surface area (Å²) in [5.41, 5.74) is 2.79. The second-order valence-corrected chi connectivity index (χ2v) is 6.75. The minimum Gasteiger partial charge on any atom is -0.369 e. The van der Waals surface area contributed by atoms with Crippen LogP contribution in [0, 0.1) is 0 Å². The predicted octanol–water partition coefficient (Wildman–Crippen LogP) is 4.58. The Morgan fingerprint density at radius 2 is 1.78 bits per heavy atom. The fraction of sp³-hybridized carbons (Fsp3) is 0.100. The molecule has 0 radical (unpaired) electrons. The Bertz CT molecular complexity index is 1050. The van der Waals surface area contributed by atoms with E-state index in [2.05, 4.69) is 46.5 Å². The van der Waals surface area contributed by atoms with E-state index in [1.54, 1.807) is 18.6 Å². The molecule has 0 saturated heterocycles. The first-order valence-corrected chi connectivity index (χ1v) is 9.36. The van der Waals surface area contributed by atoms with Gasteiger partial charge in [0.1, 0.15) is 5.82 Å². The molecule has 0 unspecified atom stereocenters. The standard InChI is InChI=1S/C20H17BrN6/c21-16-13-25-20(26-17-8-3-5-14-6-4-11-23-18(14)17)27-19(16)24-12-9-15-7-1-2-10-22-15/h1-8,10-11,13H,9,12H2,(H2,24,25,26,27). The van der Waals surface area contributed by atoms with Crippen LogP contribution >= 0.6 is 15.9 Å². The topological polar surface area (TPSA) is 75.6 Å². The summed E-state index contributed by atoms with van der Waals surface area (Å²) >= 11 is 3.50. The van der Waals surface area contributed by atoms with Crippen molar-refractivity contribution in [1.29, 1.82) is 0 Å². The molecule has 0 aliphatic rings. The van der Waals surface area contributed by atoms with Gasteiger partial charge in [0.05, 0.1) is 15.7 Å². The average molecular weight is 421 g/mol. The molecule has 1 aromatic carbocycles. The highest BCUT2D eigenvalue weighted by Crippen LogP contribution is 2.25. The molecule has 7 heteroatoms. The van der Waals surface area contributed by atoms with Gasteiger partial charge in [-0.15, -0.1) is 0 Å². The monoisotopic (exact) mass is 420 g/mol. The molecule has 0 atom stereocenters. The van der Waals surface area contributed by atoms with Gasteiger partial charge in [-0.25, -0.2) is 4.98 Å². The summed E-state index contributed by atoms with van der Waals surface area (Å²) in [5.74, 6) is 1.24. The van der Waals surface area contributed by atoms with E-state index in [-0.39, 0.29) is 0 Å². The number of pyridine rings is 2. The maximum atomic E-state index is 4.58. The van der Waals surface area contributed by atoms with E-state index < -0.39 is 0 Å². The Morgan fingerprint density at radius 1 is 0.889 bits per heavy atom. The lowest BCUT2D eigenvalue weighted by atomic mass is 10.2. The molecule has 4 rings (SSSR count). The molecule has 2 N–H and O–H groups in total. The Hall–Kier alpha value is -3.06. The molecular weight excluding hydrogens is 404 g/mol. The Kier molecular flexibility index (Phi) is 5.20. The van der Waals surface area contributed by atoms with E-state index in [9.17, 15) is 0 Å². The van der Waals surface area contributed by atoms with Crippen molar-refractivity contribution in [2.75, 3.05) is 17.2 Å². The van der Waals surface area contributed by atoms with E-state index in [1.807, 2.05) is 48.5 Å². The summed E-state index contributed by atoms with van der Waals surface area (Å²) in [6, 6.07) is 15.8. The molecule has 0 aliphatic carbocycles. The quantitative estimate of drug-likeness (QED) is 0.475. The molecule has 27 heavy (non-hydrogen) atoms. The number of halogens is 1. The molecule has 0 spiro atoms. The van der Waals surface area contributed by atoms with Crippen LogP contribution in [0.3, 0.4) is 0 Å². The number of para-hydroxylation sites is 1. The van der Waals surface area contributed by atoms with Gasteiger partial charge >= 0.3 is 0 Å². The SMILES string of the molecule is Brc1cnc(Nc2cccc3cccnc23)nc1NCCc1ccccn1. The van der Waals surface area contributed by atoms with Crippen molar-refractivity contribution in [3.05, 3.63) is 77.3 Å². The fourth-order valence-electron chi connectivity index (χ4n) is 2.73. The van der Waals surface area contributed by atoms with Crippen molar-refractivity contribution in [1.82, 2.24) is 19.9 Å². The molecule has 0 aliphatic heterocycles. The zero-order valence-corrected chi connectivity index (χ0v) is 16.0. The van der Waals surface area contributed by atoms with Crippen molar-refractivity contribution in [2.45, 2.75) is 6.42 Å². The number of hydrogen-bond acceptors (Lipinski definition) is 6.